The van der Waals surface area contributed by atoms with Gasteiger partial charge < -0.3 is 11.1 Å². The number of H-pyrrole nitrogens is 1. The van der Waals surface area contributed by atoms with E-state index < -0.39 is 0 Å². The Morgan fingerprint density at radius 3 is 2.90 bits per heavy atom. The molecular weight excluding hydrogens is 256 g/mol. The summed E-state index contributed by atoms with van der Waals surface area (Å²) in [6.07, 6.45) is 3.61. The number of hydrogen-bond donors (Lipinski definition) is 3. The van der Waals surface area contributed by atoms with Gasteiger partial charge in [0.05, 0.1) is 17.1 Å². The number of nitrogens with two attached hydrogens (primary N) is 1. The van der Waals surface area contributed by atoms with Crippen molar-refractivity contribution < 1.29 is 4.79 Å². The van der Waals surface area contributed by atoms with Crippen LogP contribution in [0.2, 0.25) is 0 Å². The minimum atomic E-state index is -0.274. The fourth-order valence-corrected chi connectivity index (χ4v) is 2.08. The zero-order valence-electron chi connectivity index (χ0n) is 12.0. The predicted molar refractivity (Wildman–Crippen MR) is 76.1 cm³/mol. The van der Waals surface area contributed by atoms with Crippen molar-refractivity contribution in [2.45, 2.75) is 33.2 Å². The van der Waals surface area contributed by atoms with Crippen LogP contribution in [0.25, 0.3) is 0 Å². The van der Waals surface area contributed by atoms with Crippen LogP contribution < -0.4 is 11.1 Å². The summed E-state index contributed by atoms with van der Waals surface area (Å²) in [5.74, 6) is -0.274. The maximum Gasteiger partial charge on any atom is 0.274 e. The summed E-state index contributed by atoms with van der Waals surface area (Å²) >= 11 is 0. The minimum absolute atomic E-state index is 0.259. The Morgan fingerprint density at radius 2 is 2.30 bits per heavy atom. The average Bonchev–Trinajstić information content (AvgIpc) is 2.91. The zero-order chi connectivity index (χ0) is 14.7. The third-order valence-corrected chi connectivity index (χ3v) is 3.15. The summed E-state index contributed by atoms with van der Waals surface area (Å²) < 4.78 is 1.72. The Kier molecular flexibility index (Phi) is 4.07. The fourth-order valence-electron chi connectivity index (χ4n) is 2.08. The van der Waals surface area contributed by atoms with Crippen LogP contribution in [0, 0.1) is 6.92 Å². The van der Waals surface area contributed by atoms with Crippen molar-refractivity contribution in [3.8, 4) is 0 Å². The minimum Gasteiger partial charge on any atom is -0.395 e. The van der Waals surface area contributed by atoms with Crippen LogP contribution in [0.4, 0.5) is 5.69 Å². The lowest BCUT2D eigenvalue weighted by Gasteiger charge is -2.03. The molecule has 0 aliphatic carbocycles. The zero-order valence-corrected chi connectivity index (χ0v) is 12.0. The largest absolute Gasteiger partial charge is 0.395 e. The van der Waals surface area contributed by atoms with E-state index in [1.807, 2.05) is 27.1 Å². The number of carbonyl (C=O) groups excluding carboxylic acids is 1. The van der Waals surface area contributed by atoms with Gasteiger partial charge in [0, 0.05) is 25.4 Å². The van der Waals surface area contributed by atoms with Crippen molar-refractivity contribution in [1.29, 1.82) is 0 Å². The number of aryl methyl sites for hydroxylation is 3. The van der Waals surface area contributed by atoms with Gasteiger partial charge in [-0.25, -0.2) is 0 Å². The van der Waals surface area contributed by atoms with Gasteiger partial charge in [-0.2, -0.15) is 10.2 Å². The monoisotopic (exact) mass is 276 g/mol. The first-order valence-electron chi connectivity index (χ1n) is 6.63. The highest BCUT2D eigenvalue weighted by Gasteiger charge is 2.17. The quantitative estimate of drug-likeness (QED) is 0.755. The molecule has 0 aliphatic heterocycles. The van der Waals surface area contributed by atoms with E-state index in [9.17, 15) is 4.79 Å². The van der Waals surface area contributed by atoms with Gasteiger partial charge in [0.25, 0.3) is 5.91 Å². The summed E-state index contributed by atoms with van der Waals surface area (Å²) in [6, 6.07) is 0. The third-order valence-electron chi connectivity index (χ3n) is 3.15. The Hall–Kier alpha value is -2.31. The third kappa shape index (κ3) is 2.81. The highest BCUT2D eigenvalue weighted by molar-refractivity contribution is 5.97. The summed E-state index contributed by atoms with van der Waals surface area (Å²) in [7, 11) is 1.85. The van der Waals surface area contributed by atoms with Gasteiger partial charge >= 0.3 is 0 Å². The molecule has 0 aliphatic rings. The number of amides is 1. The van der Waals surface area contributed by atoms with Crippen LogP contribution in [0.3, 0.4) is 0 Å². The number of aromatic amines is 1. The number of carbonyl (C=O) groups is 1. The van der Waals surface area contributed by atoms with Crippen LogP contribution in [0.15, 0.2) is 6.20 Å². The number of nitrogens with zero attached hydrogens (tertiary/aromatic N) is 3. The first kappa shape index (κ1) is 14.1. The second-order valence-electron chi connectivity index (χ2n) is 4.81. The van der Waals surface area contributed by atoms with Crippen LogP contribution >= 0.6 is 0 Å². The SMILES string of the molecule is CCCc1[nH]nc(C(=O)NCc2cn(C)nc2C)c1N. The smallest absolute Gasteiger partial charge is 0.274 e. The van der Waals surface area contributed by atoms with E-state index in [4.69, 9.17) is 5.73 Å². The van der Waals surface area contributed by atoms with E-state index in [0.717, 1.165) is 29.8 Å². The van der Waals surface area contributed by atoms with Gasteiger partial charge in [0.1, 0.15) is 0 Å². The molecule has 4 N–H and O–H groups in total. The van der Waals surface area contributed by atoms with Crippen LogP contribution in [-0.4, -0.2) is 25.9 Å². The Bertz CT molecular complexity index is 612. The molecule has 108 valence electrons. The number of rotatable bonds is 5. The van der Waals surface area contributed by atoms with Gasteiger partial charge in [-0.15, -0.1) is 0 Å². The van der Waals surface area contributed by atoms with Crippen LogP contribution in [0.5, 0.6) is 0 Å². The molecule has 20 heavy (non-hydrogen) atoms. The van der Waals surface area contributed by atoms with E-state index in [0.29, 0.717) is 12.2 Å². The second kappa shape index (κ2) is 5.77. The Labute approximate surface area is 117 Å². The molecule has 2 aromatic rings. The standard InChI is InChI=1S/C13H20N6O/c1-4-5-10-11(14)12(17-16-10)13(20)15-6-9-7-19(3)18-8(9)2/h7H,4-6,14H2,1-3H3,(H,15,20)(H,16,17). The Balaban J connectivity index is 2.03. The van der Waals surface area contributed by atoms with Crippen molar-refractivity contribution in [2.24, 2.45) is 7.05 Å². The molecule has 0 atom stereocenters. The number of nitrogen functional groups attached to an aromatic ring is 1. The molecule has 0 saturated heterocycles. The second-order valence-corrected chi connectivity index (χ2v) is 4.81. The molecule has 0 aromatic carbocycles. The van der Waals surface area contributed by atoms with Gasteiger partial charge in [0.2, 0.25) is 0 Å². The van der Waals surface area contributed by atoms with Crippen molar-refractivity contribution in [2.75, 3.05) is 5.73 Å². The molecule has 2 heterocycles. The fraction of sp³-hybridized carbons (Fsp3) is 0.462. The van der Waals surface area contributed by atoms with E-state index in [1.54, 1.807) is 4.68 Å². The van der Waals surface area contributed by atoms with Gasteiger partial charge in [-0.3, -0.25) is 14.6 Å². The Morgan fingerprint density at radius 1 is 1.55 bits per heavy atom. The molecule has 7 heteroatoms. The maximum atomic E-state index is 12.1. The summed E-state index contributed by atoms with van der Waals surface area (Å²) in [5.41, 5.74) is 9.31. The summed E-state index contributed by atoms with van der Waals surface area (Å²) in [4.78, 5) is 12.1. The van der Waals surface area contributed by atoms with Crippen molar-refractivity contribution in [1.82, 2.24) is 25.3 Å². The number of hydrogen-bond acceptors (Lipinski definition) is 4. The average molecular weight is 276 g/mol. The molecule has 0 spiro atoms. The molecule has 0 unspecified atom stereocenters. The van der Waals surface area contributed by atoms with Crippen LogP contribution in [-0.2, 0) is 20.0 Å². The van der Waals surface area contributed by atoms with E-state index in [2.05, 4.69) is 20.6 Å². The van der Waals surface area contributed by atoms with E-state index in [1.165, 1.54) is 0 Å². The highest BCUT2D eigenvalue weighted by atomic mass is 16.1. The molecule has 0 saturated carbocycles. The van der Waals surface area contributed by atoms with Crippen LogP contribution in [0.1, 0.15) is 40.8 Å². The lowest BCUT2D eigenvalue weighted by molar-refractivity contribution is 0.0946. The van der Waals surface area contributed by atoms with Crippen molar-refractivity contribution in [3.63, 3.8) is 0 Å². The van der Waals surface area contributed by atoms with Gasteiger partial charge in [-0.1, -0.05) is 13.3 Å². The number of anilines is 1. The summed E-state index contributed by atoms with van der Waals surface area (Å²) in [6.45, 7) is 4.36. The lowest BCUT2D eigenvalue weighted by Crippen LogP contribution is -2.24. The highest BCUT2D eigenvalue weighted by Crippen LogP contribution is 2.15. The topological polar surface area (TPSA) is 102 Å². The van der Waals surface area contributed by atoms with E-state index in [-0.39, 0.29) is 11.6 Å². The van der Waals surface area contributed by atoms with E-state index >= 15 is 0 Å². The first-order valence-corrected chi connectivity index (χ1v) is 6.63. The molecule has 1 amide bonds. The molecule has 2 rings (SSSR count). The normalized spacial score (nSPS) is 10.8. The van der Waals surface area contributed by atoms with Crippen molar-refractivity contribution >= 4 is 11.6 Å². The molecule has 2 aromatic heterocycles. The predicted octanol–water partition coefficient (Wildman–Crippen LogP) is 0.916. The van der Waals surface area contributed by atoms with Gasteiger partial charge in [-0.05, 0) is 13.3 Å². The molecule has 0 bridgehead atoms. The summed E-state index contributed by atoms with van der Waals surface area (Å²) in [5, 5.41) is 13.8. The molecule has 7 nitrogen and oxygen atoms in total. The molecule has 0 radical (unpaired) electrons. The molecular formula is C13H20N6O. The number of aromatic nitrogens is 4. The number of nitrogens with one attached hydrogen (secondary N) is 2. The lowest BCUT2D eigenvalue weighted by atomic mass is 10.2. The van der Waals surface area contributed by atoms with Crippen molar-refractivity contribution in [3.05, 3.63) is 28.8 Å². The van der Waals surface area contributed by atoms with Gasteiger partial charge in [0.15, 0.2) is 5.69 Å². The molecule has 0 fully saturated rings. The maximum absolute atomic E-state index is 12.1. The first-order chi connectivity index (χ1) is 9.52.